The van der Waals surface area contributed by atoms with Crippen molar-refractivity contribution in [3.8, 4) is 0 Å². The Kier molecular flexibility index (Phi) is 4.19. The summed E-state index contributed by atoms with van der Waals surface area (Å²) < 4.78 is 4.90. The van der Waals surface area contributed by atoms with E-state index in [0.717, 1.165) is 35.5 Å². The molecule has 0 saturated heterocycles. The maximum atomic E-state index is 4.38. The SMILES string of the molecule is CCNCc1cnn(Cc2c(Br)c(C)nn2C)c1. The van der Waals surface area contributed by atoms with Crippen LogP contribution in [0.2, 0.25) is 0 Å². The number of hydrogen-bond donors (Lipinski definition) is 1. The lowest BCUT2D eigenvalue weighted by atomic mass is 10.3. The van der Waals surface area contributed by atoms with Crippen molar-refractivity contribution in [3.63, 3.8) is 0 Å². The van der Waals surface area contributed by atoms with Crippen LogP contribution in [-0.2, 0) is 20.1 Å². The standard InChI is InChI=1S/C12H18BrN5/c1-4-14-5-10-6-15-18(7-10)8-11-12(13)9(2)16-17(11)3/h6-7,14H,4-5,8H2,1-3H3. The van der Waals surface area contributed by atoms with Gasteiger partial charge in [-0.1, -0.05) is 6.92 Å². The summed E-state index contributed by atoms with van der Waals surface area (Å²) in [5, 5.41) is 12.0. The molecule has 5 nitrogen and oxygen atoms in total. The lowest BCUT2D eigenvalue weighted by molar-refractivity contribution is 0.616. The monoisotopic (exact) mass is 311 g/mol. The molecule has 0 aliphatic heterocycles. The van der Waals surface area contributed by atoms with Crippen molar-refractivity contribution in [1.82, 2.24) is 24.9 Å². The van der Waals surface area contributed by atoms with Gasteiger partial charge in [-0.05, 0) is 29.4 Å². The molecular weight excluding hydrogens is 294 g/mol. The van der Waals surface area contributed by atoms with Crippen LogP contribution in [-0.4, -0.2) is 26.1 Å². The van der Waals surface area contributed by atoms with E-state index in [1.54, 1.807) is 0 Å². The van der Waals surface area contributed by atoms with Gasteiger partial charge in [-0.25, -0.2) is 0 Å². The second-order valence-corrected chi connectivity index (χ2v) is 5.09. The molecule has 0 amide bonds. The molecule has 0 radical (unpaired) electrons. The Morgan fingerprint density at radius 2 is 2.22 bits per heavy atom. The van der Waals surface area contributed by atoms with Crippen LogP contribution >= 0.6 is 15.9 Å². The van der Waals surface area contributed by atoms with Gasteiger partial charge >= 0.3 is 0 Å². The molecule has 0 aliphatic rings. The van der Waals surface area contributed by atoms with E-state index >= 15 is 0 Å². The van der Waals surface area contributed by atoms with Crippen molar-refractivity contribution in [3.05, 3.63) is 33.8 Å². The second kappa shape index (κ2) is 5.67. The zero-order valence-electron chi connectivity index (χ0n) is 10.9. The molecule has 0 atom stereocenters. The highest BCUT2D eigenvalue weighted by Crippen LogP contribution is 2.20. The third-order valence-electron chi connectivity index (χ3n) is 2.84. The Labute approximate surface area is 115 Å². The summed E-state index contributed by atoms with van der Waals surface area (Å²) in [5.41, 5.74) is 3.34. The molecule has 0 aromatic carbocycles. The van der Waals surface area contributed by atoms with E-state index in [1.807, 2.05) is 29.5 Å². The van der Waals surface area contributed by atoms with Crippen molar-refractivity contribution in [2.45, 2.75) is 26.9 Å². The Hall–Kier alpha value is -1.14. The van der Waals surface area contributed by atoms with Crippen LogP contribution in [0.4, 0.5) is 0 Å². The van der Waals surface area contributed by atoms with Crippen molar-refractivity contribution in [2.24, 2.45) is 7.05 Å². The van der Waals surface area contributed by atoms with Crippen LogP contribution in [0.3, 0.4) is 0 Å². The Bertz CT molecular complexity index is 529. The summed E-state index contributed by atoms with van der Waals surface area (Å²) >= 11 is 3.57. The van der Waals surface area contributed by atoms with E-state index in [0.29, 0.717) is 0 Å². The topological polar surface area (TPSA) is 47.7 Å². The number of aromatic nitrogens is 4. The summed E-state index contributed by atoms with van der Waals surface area (Å²) in [6, 6.07) is 0. The summed E-state index contributed by atoms with van der Waals surface area (Å²) in [6.45, 7) is 6.65. The van der Waals surface area contributed by atoms with Gasteiger partial charge < -0.3 is 5.32 Å². The molecule has 2 aromatic heterocycles. The fourth-order valence-corrected chi connectivity index (χ4v) is 2.32. The third kappa shape index (κ3) is 2.81. The van der Waals surface area contributed by atoms with Crippen molar-refractivity contribution < 1.29 is 0 Å². The first-order valence-corrected chi connectivity index (χ1v) is 6.81. The van der Waals surface area contributed by atoms with E-state index in [4.69, 9.17) is 0 Å². The fraction of sp³-hybridized carbons (Fsp3) is 0.500. The van der Waals surface area contributed by atoms with Crippen LogP contribution in [0.25, 0.3) is 0 Å². The molecule has 0 saturated carbocycles. The largest absolute Gasteiger partial charge is 0.313 e. The minimum absolute atomic E-state index is 0.726. The number of nitrogens with zero attached hydrogens (tertiary/aromatic N) is 4. The summed E-state index contributed by atoms with van der Waals surface area (Å²) in [6.07, 6.45) is 3.97. The smallest absolute Gasteiger partial charge is 0.0839 e. The molecule has 2 heterocycles. The van der Waals surface area contributed by atoms with Gasteiger partial charge in [-0.3, -0.25) is 9.36 Å². The van der Waals surface area contributed by atoms with Gasteiger partial charge in [-0.2, -0.15) is 10.2 Å². The van der Waals surface area contributed by atoms with Crippen LogP contribution in [0, 0.1) is 6.92 Å². The highest BCUT2D eigenvalue weighted by molar-refractivity contribution is 9.10. The normalized spacial score (nSPS) is 11.1. The summed E-state index contributed by atoms with van der Waals surface area (Å²) in [7, 11) is 1.95. The number of nitrogens with one attached hydrogen (secondary N) is 1. The first kappa shape index (κ1) is 13.3. The number of rotatable bonds is 5. The van der Waals surface area contributed by atoms with E-state index in [2.05, 4.69) is 44.6 Å². The summed E-state index contributed by atoms with van der Waals surface area (Å²) in [4.78, 5) is 0. The summed E-state index contributed by atoms with van der Waals surface area (Å²) in [5.74, 6) is 0. The minimum Gasteiger partial charge on any atom is -0.313 e. The minimum atomic E-state index is 0.726. The average Bonchev–Trinajstić information content (AvgIpc) is 2.88. The molecule has 1 N–H and O–H groups in total. The first-order chi connectivity index (χ1) is 8.61. The van der Waals surface area contributed by atoms with Crippen molar-refractivity contribution in [1.29, 1.82) is 0 Å². The third-order valence-corrected chi connectivity index (χ3v) is 3.87. The predicted octanol–water partition coefficient (Wildman–Crippen LogP) is 1.85. The molecule has 98 valence electrons. The second-order valence-electron chi connectivity index (χ2n) is 4.30. The van der Waals surface area contributed by atoms with Crippen LogP contribution in [0.1, 0.15) is 23.9 Å². The Morgan fingerprint density at radius 3 is 2.83 bits per heavy atom. The molecule has 18 heavy (non-hydrogen) atoms. The van der Waals surface area contributed by atoms with Crippen LogP contribution in [0.5, 0.6) is 0 Å². The number of halogens is 1. The van der Waals surface area contributed by atoms with Gasteiger partial charge in [0.1, 0.15) is 0 Å². The fourth-order valence-electron chi connectivity index (χ4n) is 1.86. The van der Waals surface area contributed by atoms with Crippen molar-refractivity contribution >= 4 is 15.9 Å². The van der Waals surface area contributed by atoms with E-state index in [-0.39, 0.29) is 0 Å². The van der Waals surface area contributed by atoms with Gasteiger partial charge in [0.05, 0.1) is 28.6 Å². The average molecular weight is 312 g/mol. The van der Waals surface area contributed by atoms with Gasteiger partial charge in [0.2, 0.25) is 0 Å². The first-order valence-electron chi connectivity index (χ1n) is 6.01. The van der Waals surface area contributed by atoms with E-state index < -0.39 is 0 Å². The highest BCUT2D eigenvalue weighted by atomic mass is 79.9. The van der Waals surface area contributed by atoms with Gasteiger partial charge in [0, 0.05) is 25.4 Å². The molecule has 6 heteroatoms. The molecule has 0 fully saturated rings. The zero-order valence-corrected chi connectivity index (χ0v) is 12.5. The molecule has 0 spiro atoms. The molecular formula is C12H18BrN5. The molecule has 0 bridgehead atoms. The molecule has 0 aliphatic carbocycles. The van der Waals surface area contributed by atoms with Gasteiger partial charge in [0.25, 0.3) is 0 Å². The van der Waals surface area contributed by atoms with Crippen LogP contribution < -0.4 is 5.32 Å². The van der Waals surface area contributed by atoms with Crippen molar-refractivity contribution in [2.75, 3.05) is 6.54 Å². The molecule has 0 unspecified atom stereocenters. The maximum absolute atomic E-state index is 4.38. The maximum Gasteiger partial charge on any atom is 0.0839 e. The quantitative estimate of drug-likeness (QED) is 0.916. The predicted molar refractivity (Wildman–Crippen MR) is 74.4 cm³/mol. The zero-order chi connectivity index (χ0) is 13.1. The Balaban J connectivity index is 2.11. The van der Waals surface area contributed by atoms with Crippen LogP contribution in [0.15, 0.2) is 16.9 Å². The molecule has 2 aromatic rings. The lowest BCUT2D eigenvalue weighted by Gasteiger charge is -2.03. The number of hydrogen-bond acceptors (Lipinski definition) is 3. The highest BCUT2D eigenvalue weighted by Gasteiger charge is 2.11. The van der Waals surface area contributed by atoms with Gasteiger partial charge in [0.15, 0.2) is 0 Å². The number of aryl methyl sites for hydroxylation is 2. The van der Waals surface area contributed by atoms with E-state index in [9.17, 15) is 0 Å². The lowest BCUT2D eigenvalue weighted by Crippen LogP contribution is -2.11. The van der Waals surface area contributed by atoms with Gasteiger partial charge in [-0.15, -0.1) is 0 Å². The molecule has 2 rings (SSSR count). The van der Waals surface area contributed by atoms with E-state index in [1.165, 1.54) is 5.56 Å². The Morgan fingerprint density at radius 1 is 1.44 bits per heavy atom.